The fourth-order valence-electron chi connectivity index (χ4n) is 4.51. The van der Waals surface area contributed by atoms with Crippen molar-refractivity contribution in [2.24, 2.45) is 0 Å². The molecule has 2 aromatic carbocycles. The predicted octanol–water partition coefficient (Wildman–Crippen LogP) is 5.50. The van der Waals surface area contributed by atoms with Crippen LogP contribution in [0.5, 0.6) is 0 Å². The molecule has 6 heteroatoms. The van der Waals surface area contributed by atoms with Crippen LogP contribution < -0.4 is 0 Å². The van der Waals surface area contributed by atoms with Crippen molar-refractivity contribution in [3.63, 3.8) is 0 Å². The predicted molar refractivity (Wildman–Crippen MR) is 122 cm³/mol. The molecule has 0 spiro atoms. The molecule has 158 valence electrons. The van der Waals surface area contributed by atoms with Gasteiger partial charge in [0.2, 0.25) is 0 Å². The van der Waals surface area contributed by atoms with Crippen LogP contribution in [0.3, 0.4) is 0 Å². The summed E-state index contributed by atoms with van der Waals surface area (Å²) in [5.41, 5.74) is 1.93. The lowest BCUT2D eigenvalue weighted by atomic mass is 9.94. The summed E-state index contributed by atoms with van der Waals surface area (Å²) in [5.74, 6) is 1.16. The van der Waals surface area contributed by atoms with Crippen LogP contribution in [-0.4, -0.2) is 33.4 Å². The molecule has 5 rings (SSSR count). The lowest BCUT2D eigenvalue weighted by Crippen LogP contribution is -2.38. The first-order valence-electron chi connectivity index (χ1n) is 10.7. The molecule has 4 nitrogen and oxygen atoms in total. The van der Waals surface area contributed by atoms with Gasteiger partial charge in [-0.05, 0) is 59.2 Å². The van der Waals surface area contributed by atoms with E-state index in [-0.39, 0.29) is 11.7 Å². The van der Waals surface area contributed by atoms with Crippen LogP contribution in [0.2, 0.25) is 0 Å². The summed E-state index contributed by atoms with van der Waals surface area (Å²) in [5, 5.41) is 5.48. The number of piperidine rings is 1. The highest BCUT2D eigenvalue weighted by molar-refractivity contribution is 7.07. The molecule has 0 saturated carbocycles. The first-order valence-corrected chi connectivity index (χ1v) is 11.6. The third kappa shape index (κ3) is 4.00. The maximum Gasteiger partial charge on any atom is 0.254 e. The molecule has 2 aromatic heterocycles. The van der Waals surface area contributed by atoms with Gasteiger partial charge in [0.25, 0.3) is 5.91 Å². The first kappa shape index (κ1) is 19.9. The van der Waals surface area contributed by atoms with E-state index in [2.05, 4.69) is 32.6 Å². The Labute approximate surface area is 185 Å². The maximum atomic E-state index is 14.1. The molecule has 4 aromatic rings. The zero-order valence-corrected chi connectivity index (χ0v) is 18.0. The third-order valence-corrected chi connectivity index (χ3v) is 6.95. The molecular weight excluding hydrogens is 409 g/mol. The van der Waals surface area contributed by atoms with Crippen molar-refractivity contribution < 1.29 is 9.18 Å². The number of rotatable bonds is 5. The molecule has 0 aliphatic carbocycles. The lowest BCUT2D eigenvalue weighted by Gasteiger charge is -2.32. The van der Waals surface area contributed by atoms with Crippen molar-refractivity contribution in [3.05, 3.63) is 88.4 Å². The number of likely N-dealkylation sites (tertiary alicyclic amines) is 1. The largest absolute Gasteiger partial charge is 0.339 e. The van der Waals surface area contributed by atoms with Gasteiger partial charge in [-0.3, -0.25) is 4.79 Å². The Balaban J connectivity index is 1.27. The summed E-state index contributed by atoms with van der Waals surface area (Å²) < 4.78 is 16.4. The Morgan fingerprint density at radius 2 is 1.90 bits per heavy atom. The minimum Gasteiger partial charge on any atom is -0.339 e. The van der Waals surface area contributed by atoms with E-state index in [0.717, 1.165) is 31.6 Å². The summed E-state index contributed by atoms with van der Waals surface area (Å²) >= 11 is 1.73. The van der Waals surface area contributed by atoms with E-state index < -0.39 is 0 Å². The van der Waals surface area contributed by atoms with Crippen LogP contribution in [0, 0.1) is 5.82 Å². The SMILES string of the molecule is O=C(c1ccc(F)c2ccccc12)N1CCC(c2nccn2CCc2ccsc2)CC1. The molecule has 1 aliphatic rings. The van der Waals surface area contributed by atoms with E-state index in [1.807, 2.05) is 23.2 Å². The smallest absolute Gasteiger partial charge is 0.254 e. The van der Waals surface area contributed by atoms with E-state index in [1.165, 1.54) is 11.6 Å². The molecule has 0 N–H and O–H groups in total. The number of carbonyl (C=O) groups is 1. The average Bonchev–Trinajstić information content (AvgIpc) is 3.50. The summed E-state index contributed by atoms with van der Waals surface area (Å²) in [7, 11) is 0. The highest BCUT2D eigenvalue weighted by Crippen LogP contribution is 2.29. The summed E-state index contributed by atoms with van der Waals surface area (Å²) in [6.07, 6.45) is 6.72. The van der Waals surface area contributed by atoms with Gasteiger partial charge in [0.15, 0.2) is 0 Å². The summed E-state index contributed by atoms with van der Waals surface area (Å²) in [6, 6.07) is 12.4. The molecule has 1 saturated heterocycles. The van der Waals surface area contributed by atoms with E-state index in [0.29, 0.717) is 35.3 Å². The summed E-state index contributed by atoms with van der Waals surface area (Å²) in [4.78, 5) is 19.7. The number of hydrogen-bond acceptors (Lipinski definition) is 3. The van der Waals surface area contributed by atoms with Crippen molar-refractivity contribution in [3.8, 4) is 0 Å². The zero-order chi connectivity index (χ0) is 21.2. The number of nitrogens with zero attached hydrogens (tertiary/aromatic N) is 3. The quantitative estimate of drug-likeness (QED) is 0.417. The number of aryl methyl sites for hydroxylation is 2. The van der Waals surface area contributed by atoms with Gasteiger partial charge in [-0.2, -0.15) is 11.3 Å². The molecule has 31 heavy (non-hydrogen) atoms. The van der Waals surface area contributed by atoms with Crippen molar-refractivity contribution >= 4 is 28.0 Å². The van der Waals surface area contributed by atoms with Gasteiger partial charge in [-0.25, -0.2) is 9.37 Å². The van der Waals surface area contributed by atoms with E-state index in [1.54, 1.807) is 29.5 Å². The van der Waals surface area contributed by atoms with Gasteiger partial charge in [0.05, 0.1) is 0 Å². The minimum atomic E-state index is -0.292. The number of benzene rings is 2. The lowest BCUT2D eigenvalue weighted by molar-refractivity contribution is 0.0712. The fraction of sp³-hybridized carbons (Fsp3) is 0.280. The molecule has 0 unspecified atom stereocenters. The molecule has 1 amide bonds. The molecule has 0 atom stereocenters. The van der Waals surface area contributed by atoms with Gasteiger partial charge in [-0.1, -0.05) is 24.3 Å². The normalized spacial score (nSPS) is 14.9. The van der Waals surface area contributed by atoms with Gasteiger partial charge in [-0.15, -0.1) is 0 Å². The maximum absolute atomic E-state index is 14.1. The molecule has 1 aliphatic heterocycles. The molecule has 1 fully saturated rings. The third-order valence-electron chi connectivity index (χ3n) is 6.22. The van der Waals surface area contributed by atoms with Crippen LogP contribution in [0.25, 0.3) is 10.8 Å². The number of carbonyl (C=O) groups excluding carboxylic acids is 1. The Hall–Kier alpha value is -2.99. The Bertz CT molecular complexity index is 1190. The standard InChI is InChI=1S/C25H24FN3OS/c26-23-6-5-22(20-3-1-2-4-21(20)23)25(30)29-13-8-19(9-14-29)24-27-11-15-28(24)12-7-18-10-16-31-17-18/h1-6,10-11,15-17,19H,7-9,12-14H2. The topological polar surface area (TPSA) is 38.1 Å². The monoisotopic (exact) mass is 433 g/mol. The average molecular weight is 434 g/mol. The van der Waals surface area contributed by atoms with Crippen LogP contribution in [0.4, 0.5) is 4.39 Å². The molecule has 3 heterocycles. The van der Waals surface area contributed by atoms with E-state index in [4.69, 9.17) is 0 Å². The minimum absolute atomic E-state index is 0.0181. The van der Waals surface area contributed by atoms with Crippen molar-refractivity contribution in [2.75, 3.05) is 13.1 Å². The van der Waals surface area contributed by atoms with Gasteiger partial charge < -0.3 is 9.47 Å². The number of imidazole rings is 1. The number of hydrogen-bond donors (Lipinski definition) is 0. The number of aromatic nitrogens is 2. The number of fused-ring (bicyclic) bond motifs is 1. The van der Waals surface area contributed by atoms with E-state index >= 15 is 0 Å². The summed E-state index contributed by atoms with van der Waals surface area (Å²) in [6.45, 7) is 2.30. The van der Waals surface area contributed by atoms with Gasteiger partial charge in [0, 0.05) is 48.9 Å². The van der Waals surface area contributed by atoms with Crippen LogP contribution >= 0.6 is 11.3 Å². The fourth-order valence-corrected chi connectivity index (χ4v) is 5.22. The van der Waals surface area contributed by atoms with Crippen LogP contribution in [-0.2, 0) is 13.0 Å². The number of amides is 1. The highest BCUT2D eigenvalue weighted by atomic mass is 32.1. The van der Waals surface area contributed by atoms with Crippen molar-refractivity contribution in [2.45, 2.75) is 31.7 Å². The number of halogens is 1. The highest BCUT2D eigenvalue weighted by Gasteiger charge is 2.27. The van der Waals surface area contributed by atoms with Crippen LogP contribution in [0.15, 0.2) is 65.6 Å². The molecule has 0 radical (unpaired) electrons. The van der Waals surface area contributed by atoms with E-state index in [9.17, 15) is 9.18 Å². The Kier molecular flexibility index (Phi) is 5.55. The van der Waals surface area contributed by atoms with Crippen LogP contribution in [0.1, 0.15) is 40.5 Å². The van der Waals surface area contributed by atoms with Crippen molar-refractivity contribution in [1.82, 2.24) is 14.5 Å². The number of thiophene rings is 1. The second-order valence-electron chi connectivity index (χ2n) is 8.07. The zero-order valence-electron chi connectivity index (χ0n) is 17.2. The Morgan fingerprint density at radius 1 is 1.10 bits per heavy atom. The first-order chi connectivity index (χ1) is 15.2. The second-order valence-corrected chi connectivity index (χ2v) is 8.85. The Morgan fingerprint density at radius 3 is 2.68 bits per heavy atom. The molecule has 0 bridgehead atoms. The van der Waals surface area contributed by atoms with Gasteiger partial charge in [0.1, 0.15) is 11.6 Å². The van der Waals surface area contributed by atoms with Gasteiger partial charge >= 0.3 is 0 Å². The molecular formula is C25H24FN3OS. The van der Waals surface area contributed by atoms with Crippen molar-refractivity contribution in [1.29, 1.82) is 0 Å². The second kappa shape index (κ2) is 8.63.